The Morgan fingerprint density at radius 1 is 1.27 bits per heavy atom. The molecule has 134 valence electrons. The second-order valence-corrected chi connectivity index (χ2v) is 5.56. The van der Waals surface area contributed by atoms with Crippen LogP contribution in [0.4, 0.5) is 16.0 Å². The minimum Gasteiger partial charge on any atom is -0.439 e. The van der Waals surface area contributed by atoms with E-state index in [-0.39, 0.29) is 11.6 Å². The van der Waals surface area contributed by atoms with Crippen LogP contribution in [0.15, 0.2) is 42.6 Å². The van der Waals surface area contributed by atoms with Crippen LogP contribution in [0.1, 0.15) is 11.4 Å². The molecule has 0 unspecified atom stereocenters. The summed E-state index contributed by atoms with van der Waals surface area (Å²) in [5, 5.41) is 14.1. The summed E-state index contributed by atoms with van der Waals surface area (Å²) in [7, 11) is 1.70. The molecule has 0 aliphatic heterocycles. The molecule has 0 bridgehead atoms. The Balaban J connectivity index is 1.67. The Labute approximate surface area is 148 Å². The minimum absolute atomic E-state index is 0.214. The fourth-order valence-corrected chi connectivity index (χ4v) is 2.30. The maximum absolute atomic E-state index is 12.9. The zero-order valence-corrected chi connectivity index (χ0v) is 14.1. The molecule has 0 spiro atoms. The lowest BCUT2D eigenvalue weighted by Gasteiger charge is -2.08. The Bertz CT molecular complexity index is 923. The van der Waals surface area contributed by atoms with Gasteiger partial charge in [0.05, 0.1) is 0 Å². The molecule has 2 heterocycles. The maximum Gasteiger partial charge on any atom is 0.406 e. The van der Waals surface area contributed by atoms with E-state index >= 15 is 0 Å². The molecule has 9 heteroatoms. The molecule has 2 aromatic heterocycles. The van der Waals surface area contributed by atoms with E-state index < -0.39 is 4.92 Å². The largest absolute Gasteiger partial charge is 0.439 e. The topological polar surface area (TPSA) is 95.1 Å². The van der Waals surface area contributed by atoms with Gasteiger partial charge in [-0.3, -0.25) is 4.57 Å². The van der Waals surface area contributed by atoms with Gasteiger partial charge in [-0.05, 0) is 39.7 Å². The highest BCUT2D eigenvalue weighted by Crippen LogP contribution is 2.25. The summed E-state index contributed by atoms with van der Waals surface area (Å²) in [5.41, 5.74) is 0.810. The number of nitro groups is 1. The second-order valence-electron chi connectivity index (χ2n) is 5.56. The zero-order valence-electron chi connectivity index (χ0n) is 14.1. The monoisotopic (exact) mass is 357 g/mol. The summed E-state index contributed by atoms with van der Waals surface area (Å²) < 4.78 is 20.0. The molecule has 0 atom stereocenters. The lowest BCUT2D eigenvalue weighted by atomic mass is 10.3. The number of rotatable bonds is 6. The van der Waals surface area contributed by atoms with Crippen molar-refractivity contribution in [3.05, 3.63) is 69.9 Å². The van der Waals surface area contributed by atoms with Gasteiger partial charge in [0, 0.05) is 32.8 Å². The highest BCUT2D eigenvalue weighted by molar-refractivity contribution is 5.53. The third-order valence-electron chi connectivity index (χ3n) is 3.77. The number of hydrogen-bond acceptors (Lipinski definition) is 6. The first kappa shape index (κ1) is 17.3. The average molecular weight is 357 g/mol. The zero-order chi connectivity index (χ0) is 18.7. The van der Waals surface area contributed by atoms with Crippen LogP contribution in [0.3, 0.4) is 0 Å². The van der Waals surface area contributed by atoms with Gasteiger partial charge in [0.1, 0.15) is 11.6 Å². The van der Waals surface area contributed by atoms with Crippen molar-refractivity contribution >= 4 is 11.6 Å². The first-order valence-electron chi connectivity index (χ1n) is 7.74. The number of imidazole rings is 1. The summed E-state index contributed by atoms with van der Waals surface area (Å²) in [6.07, 6.45) is 1.60. The second kappa shape index (κ2) is 7.18. The number of hydrogen-bond donors (Lipinski definition) is 1. The van der Waals surface area contributed by atoms with Crippen molar-refractivity contribution in [2.24, 2.45) is 7.05 Å². The van der Waals surface area contributed by atoms with E-state index in [1.807, 2.05) is 0 Å². The molecule has 0 fully saturated rings. The molecule has 0 radical (unpaired) electrons. The first-order chi connectivity index (χ1) is 12.4. The van der Waals surface area contributed by atoms with Crippen molar-refractivity contribution in [3.63, 3.8) is 0 Å². The maximum atomic E-state index is 12.9. The Hall–Kier alpha value is -3.49. The molecule has 0 aliphatic rings. The van der Waals surface area contributed by atoms with Gasteiger partial charge in [-0.25, -0.2) is 9.37 Å². The number of nitrogens with zero attached hydrogens (tertiary/aromatic N) is 4. The van der Waals surface area contributed by atoms with Crippen molar-refractivity contribution in [2.75, 3.05) is 5.32 Å². The number of anilines is 1. The van der Waals surface area contributed by atoms with Gasteiger partial charge in [0.25, 0.3) is 0 Å². The third kappa shape index (κ3) is 3.77. The molecule has 1 aromatic carbocycles. The average Bonchev–Trinajstić information content (AvgIpc) is 2.91. The molecule has 0 saturated carbocycles. The van der Waals surface area contributed by atoms with E-state index in [0.717, 1.165) is 5.56 Å². The molecular formula is C17H16FN5O3. The van der Waals surface area contributed by atoms with Crippen LogP contribution in [0.5, 0.6) is 11.6 Å². The first-order valence-corrected chi connectivity index (χ1v) is 7.74. The predicted molar refractivity (Wildman–Crippen MR) is 92.6 cm³/mol. The van der Waals surface area contributed by atoms with E-state index in [1.54, 1.807) is 36.9 Å². The summed E-state index contributed by atoms with van der Waals surface area (Å²) >= 11 is 0. The van der Waals surface area contributed by atoms with E-state index in [4.69, 9.17) is 4.74 Å². The molecule has 1 N–H and O–H groups in total. The standard InChI is InChI=1S/C17H16FN5O3/c1-11-21-17(23(24)25)16(22(11)2)20-10-12-3-8-15(19-9-12)26-14-6-4-13(18)5-7-14/h3-9,20H,10H2,1-2H3. The highest BCUT2D eigenvalue weighted by atomic mass is 19.1. The quantitative estimate of drug-likeness (QED) is 0.535. The SMILES string of the molecule is Cc1nc([N+](=O)[O-])c(NCc2ccc(Oc3ccc(F)cc3)nc2)n1C. The van der Waals surface area contributed by atoms with Gasteiger partial charge < -0.3 is 20.2 Å². The summed E-state index contributed by atoms with van der Waals surface area (Å²) in [6.45, 7) is 2.03. The van der Waals surface area contributed by atoms with Crippen molar-refractivity contribution in [1.82, 2.24) is 14.5 Å². The number of benzene rings is 1. The smallest absolute Gasteiger partial charge is 0.406 e. The van der Waals surface area contributed by atoms with Crippen LogP contribution < -0.4 is 10.1 Å². The van der Waals surface area contributed by atoms with Crippen LogP contribution in [0.2, 0.25) is 0 Å². The number of pyridine rings is 1. The van der Waals surface area contributed by atoms with Crippen molar-refractivity contribution < 1.29 is 14.1 Å². The third-order valence-corrected chi connectivity index (χ3v) is 3.77. The molecule has 3 rings (SSSR count). The fraction of sp³-hybridized carbons (Fsp3) is 0.176. The lowest BCUT2D eigenvalue weighted by molar-refractivity contribution is -0.388. The van der Waals surface area contributed by atoms with Gasteiger partial charge >= 0.3 is 5.82 Å². The Morgan fingerprint density at radius 3 is 2.62 bits per heavy atom. The van der Waals surface area contributed by atoms with Gasteiger partial charge in [0.2, 0.25) is 17.5 Å². The number of aryl methyl sites for hydroxylation is 1. The predicted octanol–water partition coefficient (Wildman–Crippen LogP) is 3.58. The van der Waals surface area contributed by atoms with Gasteiger partial charge in [-0.1, -0.05) is 6.07 Å². The lowest BCUT2D eigenvalue weighted by Crippen LogP contribution is -2.06. The minimum atomic E-state index is -0.521. The summed E-state index contributed by atoms with van der Waals surface area (Å²) in [5.74, 6) is 1.16. The number of nitrogens with one attached hydrogen (secondary N) is 1. The van der Waals surface area contributed by atoms with Crippen molar-refractivity contribution in [2.45, 2.75) is 13.5 Å². The number of halogens is 1. The highest BCUT2D eigenvalue weighted by Gasteiger charge is 2.23. The fourth-order valence-electron chi connectivity index (χ4n) is 2.30. The number of aromatic nitrogens is 3. The van der Waals surface area contributed by atoms with Gasteiger partial charge in [0.15, 0.2) is 0 Å². The molecule has 8 nitrogen and oxygen atoms in total. The van der Waals surface area contributed by atoms with Crippen LogP contribution in [0, 0.1) is 22.9 Å². The van der Waals surface area contributed by atoms with Crippen LogP contribution >= 0.6 is 0 Å². The molecule has 26 heavy (non-hydrogen) atoms. The van der Waals surface area contributed by atoms with E-state index in [0.29, 0.717) is 29.8 Å². The Kier molecular flexibility index (Phi) is 4.78. The van der Waals surface area contributed by atoms with Gasteiger partial charge in [-0.2, -0.15) is 0 Å². The van der Waals surface area contributed by atoms with E-state index in [2.05, 4.69) is 15.3 Å². The van der Waals surface area contributed by atoms with Crippen LogP contribution in [-0.4, -0.2) is 19.5 Å². The van der Waals surface area contributed by atoms with Crippen LogP contribution in [-0.2, 0) is 13.6 Å². The van der Waals surface area contributed by atoms with Crippen molar-refractivity contribution in [3.8, 4) is 11.6 Å². The Morgan fingerprint density at radius 2 is 2.00 bits per heavy atom. The molecule has 0 aliphatic carbocycles. The van der Waals surface area contributed by atoms with Gasteiger partial charge in [-0.15, -0.1) is 0 Å². The summed E-state index contributed by atoms with van der Waals surface area (Å²) in [4.78, 5) is 18.7. The molecular weight excluding hydrogens is 341 g/mol. The number of ether oxygens (including phenoxy) is 1. The van der Waals surface area contributed by atoms with E-state index in [9.17, 15) is 14.5 Å². The molecule has 0 saturated heterocycles. The van der Waals surface area contributed by atoms with Crippen molar-refractivity contribution in [1.29, 1.82) is 0 Å². The van der Waals surface area contributed by atoms with Crippen LogP contribution in [0.25, 0.3) is 0 Å². The molecule has 0 amide bonds. The normalized spacial score (nSPS) is 10.6. The summed E-state index contributed by atoms with van der Waals surface area (Å²) in [6, 6.07) is 9.08. The molecule has 3 aromatic rings. The van der Waals surface area contributed by atoms with E-state index in [1.165, 1.54) is 24.3 Å².